The van der Waals surface area contributed by atoms with Gasteiger partial charge in [0.1, 0.15) is 0 Å². The normalized spacial score (nSPS) is 12.5. The number of aryl methyl sites for hydroxylation is 2. The topological polar surface area (TPSA) is 77.0 Å². The minimum absolute atomic E-state index is 0.268. The van der Waals surface area contributed by atoms with Crippen molar-refractivity contribution in [3.63, 3.8) is 0 Å². The van der Waals surface area contributed by atoms with E-state index in [-0.39, 0.29) is 6.04 Å². The van der Waals surface area contributed by atoms with Crippen LogP contribution in [0.5, 0.6) is 0 Å². The van der Waals surface area contributed by atoms with Gasteiger partial charge in [0.25, 0.3) is 0 Å². The highest BCUT2D eigenvalue weighted by Gasteiger charge is 2.12. The number of nitrogens with one attached hydrogen (secondary N) is 1. The largest absolute Gasteiger partial charge is 0.406 e. The predicted octanol–water partition coefficient (Wildman–Crippen LogP) is 3.21. The van der Waals surface area contributed by atoms with Crippen molar-refractivity contribution in [3.8, 4) is 0 Å². The van der Waals surface area contributed by atoms with Crippen LogP contribution in [-0.4, -0.2) is 10.2 Å². The second kappa shape index (κ2) is 5.07. The number of aromatic nitrogens is 2. The lowest BCUT2D eigenvalue weighted by Gasteiger charge is -2.09. The summed E-state index contributed by atoms with van der Waals surface area (Å²) in [6.45, 7) is 5.86. The molecule has 18 heavy (non-hydrogen) atoms. The quantitative estimate of drug-likeness (QED) is 0.910. The summed E-state index contributed by atoms with van der Waals surface area (Å²) < 4.78 is 6.37. The average Bonchev–Trinajstić information content (AvgIpc) is 2.71. The van der Waals surface area contributed by atoms with Crippen LogP contribution in [0, 0.1) is 13.8 Å². The third-order valence-corrected chi connectivity index (χ3v) is 3.12. The van der Waals surface area contributed by atoms with Crippen molar-refractivity contribution in [1.82, 2.24) is 10.2 Å². The van der Waals surface area contributed by atoms with Gasteiger partial charge in [-0.3, -0.25) is 0 Å². The van der Waals surface area contributed by atoms with Gasteiger partial charge in [-0.15, -0.1) is 5.10 Å². The fourth-order valence-electron chi connectivity index (χ4n) is 1.65. The summed E-state index contributed by atoms with van der Waals surface area (Å²) in [4.78, 5) is 0. The zero-order valence-corrected chi connectivity index (χ0v) is 12.1. The van der Waals surface area contributed by atoms with Gasteiger partial charge in [0.05, 0.1) is 11.7 Å². The van der Waals surface area contributed by atoms with Crippen LogP contribution in [0.1, 0.15) is 30.0 Å². The van der Waals surface area contributed by atoms with Gasteiger partial charge in [-0.25, -0.2) is 0 Å². The van der Waals surface area contributed by atoms with E-state index in [1.165, 1.54) is 5.56 Å². The first-order valence-electron chi connectivity index (χ1n) is 5.60. The van der Waals surface area contributed by atoms with Gasteiger partial charge >= 0.3 is 6.01 Å². The molecule has 0 saturated heterocycles. The molecule has 0 amide bonds. The van der Waals surface area contributed by atoms with E-state index in [0.717, 1.165) is 15.7 Å². The lowest BCUT2D eigenvalue weighted by Crippen LogP contribution is -2.04. The van der Waals surface area contributed by atoms with Gasteiger partial charge < -0.3 is 15.5 Å². The first kappa shape index (κ1) is 13.0. The van der Waals surface area contributed by atoms with Crippen molar-refractivity contribution in [2.45, 2.75) is 26.8 Å². The number of nitrogens with zero attached hydrogens (tertiary/aromatic N) is 2. The molecule has 1 unspecified atom stereocenters. The van der Waals surface area contributed by atoms with E-state index in [4.69, 9.17) is 10.2 Å². The van der Waals surface area contributed by atoms with Crippen LogP contribution in [-0.2, 0) is 0 Å². The van der Waals surface area contributed by atoms with Crippen LogP contribution in [0.4, 0.5) is 11.7 Å². The number of hydrogen-bond donors (Lipinski definition) is 2. The number of nitrogens with two attached hydrogens (primary N) is 1. The third kappa shape index (κ3) is 2.70. The van der Waals surface area contributed by atoms with Crippen molar-refractivity contribution in [2.24, 2.45) is 5.73 Å². The first-order valence-corrected chi connectivity index (χ1v) is 6.39. The highest BCUT2D eigenvalue weighted by atomic mass is 79.9. The molecule has 1 atom stereocenters. The third-order valence-electron chi connectivity index (χ3n) is 2.49. The lowest BCUT2D eigenvalue weighted by molar-refractivity contribution is 0.475. The van der Waals surface area contributed by atoms with E-state index in [9.17, 15) is 0 Å². The van der Waals surface area contributed by atoms with Crippen LogP contribution < -0.4 is 11.1 Å². The number of benzene rings is 1. The maximum atomic E-state index is 5.67. The van der Waals surface area contributed by atoms with Gasteiger partial charge in [0, 0.05) is 4.47 Å². The van der Waals surface area contributed by atoms with E-state index in [2.05, 4.69) is 37.5 Å². The smallest absolute Gasteiger partial charge is 0.320 e. The van der Waals surface area contributed by atoms with E-state index >= 15 is 0 Å². The maximum absolute atomic E-state index is 5.67. The highest BCUT2D eigenvalue weighted by molar-refractivity contribution is 9.10. The molecule has 0 bridgehead atoms. The van der Waals surface area contributed by atoms with E-state index < -0.39 is 0 Å². The number of anilines is 2. The number of halogens is 1. The molecule has 0 aliphatic rings. The summed E-state index contributed by atoms with van der Waals surface area (Å²) in [7, 11) is 0. The summed E-state index contributed by atoms with van der Waals surface area (Å²) in [5.41, 5.74) is 8.87. The second-order valence-electron chi connectivity index (χ2n) is 4.30. The van der Waals surface area contributed by atoms with Crippen LogP contribution in [0.15, 0.2) is 21.0 Å². The van der Waals surface area contributed by atoms with Crippen LogP contribution >= 0.6 is 15.9 Å². The molecule has 5 nitrogen and oxygen atoms in total. The SMILES string of the molecule is Cc1cc(C)c(Nc2nnc(C(C)N)o2)c(Br)c1. The minimum Gasteiger partial charge on any atom is -0.406 e. The Hall–Kier alpha value is -1.40. The Balaban J connectivity index is 2.28. The highest BCUT2D eigenvalue weighted by Crippen LogP contribution is 2.30. The fraction of sp³-hybridized carbons (Fsp3) is 0.333. The molecule has 2 aromatic rings. The monoisotopic (exact) mass is 310 g/mol. The Bertz CT molecular complexity index is 542. The first-order chi connectivity index (χ1) is 8.47. The Morgan fingerprint density at radius 3 is 2.61 bits per heavy atom. The zero-order valence-electron chi connectivity index (χ0n) is 10.5. The average molecular weight is 311 g/mol. The molecule has 0 fully saturated rings. The summed E-state index contributed by atoms with van der Waals surface area (Å²) in [5, 5.41) is 10.9. The molecule has 1 aromatic carbocycles. The summed E-state index contributed by atoms with van der Waals surface area (Å²) in [6.07, 6.45) is 0. The lowest BCUT2D eigenvalue weighted by atomic mass is 10.1. The van der Waals surface area contributed by atoms with Crippen molar-refractivity contribution in [2.75, 3.05) is 5.32 Å². The van der Waals surface area contributed by atoms with Crippen molar-refractivity contribution < 1.29 is 4.42 Å². The molecule has 0 spiro atoms. The maximum Gasteiger partial charge on any atom is 0.320 e. The summed E-state index contributed by atoms with van der Waals surface area (Å²) in [6, 6.07) is 4.18. The molecule has 3 N–H and O–H groups in total. The van der Waals surface area contributed by atoms with Gasteiger partial charge in [0.2, 0.25) is 5.89 Å². The zero-order chi connectivity index (χ0) is 13.3. The molecule has 96 valence electrons. The molecule has 0 saturated carbocycles. The predicted molar refractivity (Wildman–Crippen MR) is 73.8 cm³/mol. The van der Waals surface area contributed by atoms with Gasteiger partial charge in [0.15, 0.2) is 0 Å². The van der Waals surface area contributed by atoms with Gasteiger partial charge in [-0.2, -0.15) is 0 Å². The summed E-state index contributed by atoms with van der Waals surface area (Å²) in [5.74, 6) is 0.415. The molecule has 1 aromatic heterocycles. The molecule has 1 heterocycles. The minimum atomic E-state index is -0.268. The standard InChI is InChI=1S/C12H15BrN4O/c1-6-4-7(2)10(9(13)5-6)15-12-17-16-11(18-12)8(3)14/h4-5,8H,14H2,1-3H3,(H,15,17). The molecule has 2 rings (SSSR count). The van der Waals surface area contributed by atoms with Gasteiger partial charge in [-0.1, -0.05) is 11.2 Å². The van der Waals surface area contributed by atoms with Crippen molar-refractivity contribution in [3.05, 3.63) is 33.6 Å². The molecular formula is C12H15BrN4O. The van der Waals surface area contributed by atoms with Crippen molar-refractivity contribution >= 4 is 27.6 Å². The molecular weight excluding hydrogens is 296 g/mol. The Kier molecular flexibility index (Phi) is 3.68. The molecule has 6 heteroatoms. The Labute approximate surface area is 114 Å². The molecule has 0 radical (unpaired) electrons. The Morgan fingerprint density at radius 1 is 1.33 bits per heavy atom. The van der Waals surface area contributed by atoms with E-state index in [0.29, 0.717) is 11.9 Å². The van der Waals surface area contributed by atoms with Crippen LogP contribution in [0.3, 0.4) is 0 Å². The number of hydrogen-bond acceptors (Lipinski definition) is 5. The molecule has 0 aliphatic heterocycles. The number of rotatable bonds is 3. The Morgan fingerprint density at radius 2 is 2.06 bits per heavy atom. The molecule has 0 aliphatic carbocycles. The fourth-order valence-corrected chi connectivity index (χ4v) is 2.42. The summed E-state index contributed by atoms with van der Waals surface area (Å²) >= 11 is 3.51. The van der Waals surface area contributed by atoms with Crippen LogP contribution in [0.25, 0.3) is 0 Å². The van der Waals surface area contributed by atoms with Crippen molar-refractivity contribution in [1.29, 1.82) is 0 Å². The van der Waals surface area contributed by atoms with Crippen LogP contribution in [0.2, 0.25) is 0 Å². The second-order valence-corrected chi connectivity index (χ2v) is 5.15. The van der Waals surface area contributed by atoms with E-state index in [1.54, 1.807) is 6.92 Å². The van der Waals surface area contributed by atoms with Gasteiger partial charge in [-0.05, 0) is 53.9 Å². The van der Waals surface area contributed by atoms with E-state index in [1.807, 2.05) is 19.9 Å².